The third kappa shape index (κ3) is 2.33. The summed E-state index contributed by atoms with van der Waals surface area (Å²) < 4.78 is 0. The Labute approximate surface area is 60.4 Å². The second kappa shape index (κ2) is 4.24. The van der Waals surface area contributed by atoms with Gasteiger partial charge in [-0.15, -0.1) is 0 Å². The van der Waals surface area contributed by atoms with Gasteiger partial charge in [0.1, 0.15) is 0 Å². The summed E-state index contributed by atoms with van der Waals surface area (Å²) in [6, 6.07) is 0. The fourth-order valence-electron chi connectivity index (χ4n) is 0.765. The van der Waals surface area contributed by atoms with Crippen LogP contribution < -0.4 is 11.2 Å². The van der Waals surface area contributed by atoms with E-state index in [0.29, 0.717) is 0 Å². The molecule has 0 bridgehead atoms. The Bertz CT molecular complexity index is 114. The normalized spacial score (nSPS) is 13.3. The fourth-order valence-corrected chi connectivity index (χ4v) is 0.765. The third-order valence-electron chi connectivity index (χ3n) is 1.51. The highest BCUT2D eigenvalue weighted by atomic mass is 16.5. The minimum absolute atomic E-state index is 0.164. The van der Waals surface area contributed by atoms with Gasteiger partial charge in [0.15, 0.2) is 0 Å². The Morgan fingerprint density at radius 3 is 2.30 bits per heavy atom. The van der Waals surface area contributed by atoms with Crippen molar-refractivity contribution in [1.29, 1.82) is 0 Å². The third-order valence-corrected chi connectivity index (χ3v) is 1.51. The maximum atomic E-state index is 10.7. The monoisotopic (exact) mass is 146 g/mol. The fraction of sp³-hybridized carbons (Fsp3) is 0.833. The summed E-state index contributed by atoms with van der Waals surface area (Å²) in [5.41, 5.74) is 6.86. The Balaban J connectivity index is 3.93. The number of hydrogen-bond donors (Lipinski definition) is 3. The molecule has 10 heavy (non-hydrogen) atoms. The van der Waals surface area contributed by atoms with Gasteiger partial charge in [-0.1, -0.05) is 13.8 Å². The highest BCUT2D eigenvalue weighted by Gasteiger charge is 2.19. The molecule has 0 rings (SSSR count). The highest BCUT2D eigenvalue weighted by molar-refractivity contribution is 5.77. The van der Waals surface area contributed by atoms with Crippen molar-refractivity contribution in [3.05, 3.63) is 0 Å². The van der Waals surface area contributed by atoms with Crippen molar-refractivity contribution < 1.29 is 10.0 Å². The van der Waals surface area contributed by atoms with Crippen molar-refractivity contribution in [2.75, 3.05) is 6.54 Å². The van der Waals surface area contributed by atoms with Gasteiger partial charge in [0.05, 0.1) is 5.92 Å². The number of hydroxylamine groups is 1. The SMILES string of the molecule is CC(C)C(CN)C(=O)NO. The summed E-state index contributed by atoms with van der Waals surface area (Å²) in [6.07, 6.45) is 0. The lowest BCUT2D eigenvalue weighted by Gasteiger charge is -2.15. The number of nitrogens with one attached hydrogen (secondary N) is 1. The number of carbonyl (C=O) groups excluding carboxylic acids is 1. The molecule has 0 radical (unpaired) electrons. The van der Waals surface area contributed by atoms with E-state index in [2.05, 4.69) is 0 Å². The molecule has 0 aromatic rings. The van der Waals surface area contributed by atoms with Crippen molar-refractivity contribution in [3.63, 3.8) is 0 Å². The zero-order valence-corrected chi connectivity index (χ0v) is 6.29. The lowest BCUT2D eigenvalue weighted by Crippen LogP contribution is -2.36. The van der Waals surface area contributed by atoms with Gasteiger partial charge in [0.25, 0.3) is 0 Å². The van der Waals surface area contributed by atoms with Crippen molar-refractivity contribution in [2.24, 2.45) is 17.6 Å². The first-order valence-electron chi connectivity index (χ1n) is 3.27. The average molecular weight is 146 g/mol. The van der Waals surface area contributed by atoms with E-state index in [1.165, 1.54) is 0 Å². The molecule has 1 amide bonds. The summed E-state index contributed by atoms with van der Waals surface area (Å²) in [5, 5.41) is 8.23. The quantitative estimate of drug-likeness (QED) is 0.378. The van der Waals surface area contributed by atoms with Gasteiger partial charge >= 0.3 is 0 Å². The predicted molar refractivity (Wildman–Crippen MR) is 37.3 cm³/mol. The maximum absolute atomic E-state index is 10.7. The molecule has 4 nitrogen and oxygen atoms in total. The molecule has 0 heterocycles. The van der Waals surface area contributed by atoms with Crippen LogP contribution in [0.2, 0.25) is 0 Å². The second-order valence-electron chi connectivity index (χ2n) is 2.56. The molecule has 60 valence electrons. The summed E-state index contributed by atoms with van der Waals surface area (Å²) >= 11 is 0. The van der Waals surface area contributed by atoms with E-state index < -0.39 is 5.91 Å². The first-order valence-corrected chi connectivity index (χ1v) is 3.27. The van der Waals surface area contributed by atoms with Crippen LogP contribution >= 0.6 is 0 Å². The molecule has 0 saturated carbocycles. The van der Waals surface area contributed by atoms with E-state index in [-0.39, 0.29) is 18.4 Å². The summed E-state index contributed by atoms with van der Waals surface area (Å²) in [7, 11) is 0. The lowest BCUT2D eigenvalue weighted by atomic mass is 9.96. The van der Waals surface area contributed by atoms with Crippen LogP contribution in [-0.2, 0) is 4.79 Å². The van der Waals surface area contributed by atoms with Gasteiger partial charge in [0, 0.05) is 6.54 Å². The van der Waals surface area contributed by atoms with E-state index in [9.17, 15) is 4.79 Å². The van der Waals surface area contributed by atoms with Crippen LogP contribution in [0.1, 0.15) is 13.8 Å². The number of nitrogens with two attached hydrogens (primary N) is 1. The molecular weight excluding hydrogens is 132 g/mol. The molecule has 0 aliphatic rings. The van der Waals surface area contributed by atoms with Gasteiger partial charge in [0.2, 0.25) is 5.91 Å². The van der Waals surface area contributed by atoms with Gasteiger partial charge in [-0.3, -0.25) is 10.0 Å². The minimum atomic E-state index is -0.405. The molecular formula is C6H14N2O2. The molecule has 4 N–H and O–H groups in total. The van der Waals surface area contributed by atoms with Crippen LogP contribution in [-0.4, -0.2) is 17.7 Å². The maximum Gasteiger partial charge on any atom is 0.247 e. The number of carbonyl (C=O) groups is 1. The lowest BCUT2D eigenvalue weighted by molar-refractivity contribution is -0.134. The molecule has 0 aliphatic heterocycles. The van der Waals surface area contributed by atoms with Crippen LogP contribution in [0.3, 0.4) is 0 Å². The van der Waals surface area contributed by atoms with Crippen LogP contribution in [0.4, 0.5) is 0 Å². The zero-order valence-electron chi connectivity index (χ0n) is 6.29. The highest BCUT2D eigenvalue weighted by Crippen LogP contribution is 2.07. The topological polar surface area (TPSA) is 75.4 Å². The molecule has 0 spiro atoms. The van der Waals surface area contributed by atoms with Crippen LogP contribution in [0, 0.1) is 11.8 Å². The van der Waals surface area contributed by atoms with Crippen molar-refractivity contribution in [2.45, 2.75) is 13.8 Å². The number of amides is 1. The van der Waals surface area contributed by atoms with Gasteiger partial charge in [-0.25, -0.2) is 5.48 Å². The average Bonchev–Trinajstić information content (AvgIpc) is 1.88. The number of hydrogen-bond acceptors (Lipinski definition) is 3. The van der Waals surface area contributed by atoms with Gasteiger partial charge in [-0.05, 0) is 5.92 Å². The minimum Gasteiger partial charge on any atom is -0.330 e. The largest absolute Gasteiger partial charge is 0.330 e. The molecule has 4 heteroatoms. The molecule has 0 aromatic carbocycles. The van der Waals surface area contributed by atoms with E-state index >= 15 is 0 Å². The van der Waals surface area contributed by atoms with Crippen LogP contribution in [0.15, 0.2) is 0 Å². The van der Waals surface area contributed by atoms with Crippen LogP contribution in [0.25, 0.3) is 0 Å². The van der Waals surface area contributed by atoms with E-state index in [0.717, 1.165) is 0 Å². The first-order chi connectivity index (χ1) is 4.63. The Hall–Kier alpha value is -0.610. The van der Waals surface area contributed by atoms with Crippen LogP contribution in [0.5, 0.6) is 0 Å². The molecule has 0 aliphatic carbocycles. The van der Waals surface area contributed by atoms with Crippen molar-refractivity contribution >= 4 is 5.91 Å². The Morgan fingerprint density at radius 1 is 1.70 bits per heavy atom. The second-order valence-corrected chi connectivity index (χ2v) is 2.56. The summed E-state index contributed by atoms with van der Waals surface area (Å²) in [6.45, 7) is 4.03. The Morgan fingerprint density at radius 2 is 2.20 bits per heavy atom. The summed E-state index contributed by atoms with van der Waals surface area (Å²) in [4.78, 5) is 10.7. The van der Waals surface area contributed by atoms with E-state index in [1.807, 2.05) is 13.8 Å². The van der Waals surface area contributed by atoms with Gasteiger partial charge in [-0.2, -0.15) is 0 Å². The predicted octanol–water partition coefficient (Wildman–Crippen LogP) is -0.277. The smallest absolute Gasteiger partial charge is 0.247 e. The molecule has 1 unspecified atom stereocenters. The van der Waals surface area contributed by atoms with Crippen molar-refractivity contribution in [1.82, 2.24) is 5.48 Å². The van der Waals surface area contributed by atoms with Crippen molar-refractivity contribution in [3.8, 4) is 0 Å². The van der Waals surface area contributed by atoms with E-state index in [1.54, 1.807) is 5.48 Å². The summed E-state index contributed by atoms with van der Waals surface area (Å²) in [5.74, 6) is -0.528. The van der Waals surface area contributed by atoms with E-state index in [4.69, 9.17) is 10.9 Å². The molecule has 0 fully saturated rings. The first kappa shape index (κ1) is 9.39. The molecule has 0 saturated heterocycles. The standard InChI is InChI=1S/C6H14N2O2/c1-4(2)5(3-7)6(9)8-10/h4-5,10H,3,7H2,1-2H3,(H,8,9). The number of rotatable bonds is 3. The molecule has 1 atom stereocenters. The Kier molecular flexibility index (Phi) is 3.99. The zero-order chi connectivity index (χ0) is 8.15. The molecule has 0 aromatic heterocycles. The van der Waals surface area contributed by atoms with Gasteiger partial charge < -0.3 is 5.73 Å².